The van der Waals surface area contributed by atoms with Gasteiger partial charge in [-0.25, -0.2) is 17.8 Å². The first-order valence-electron chi connectivity index (χ1n) is 7.99. The maximum absolute atomic E-state index is 12.6. The molecular formula is C17H16ClN5O4S. The fourth-order valence-corrected chi connectivity index (χ4v) is 3.28. The van der Waals surface area contributed by atoms with Gasteiger partial charge in [0.15, 0.2) is 5.69 Å². The Labute approximate surface area is 165 Å². The number of phenols is 1. The van der Waals surface area contributed by atoms with Gasteiger partial charge in [0, 0.05) is 5.02 Å². The van der Waals surface area contributed by atoms with E-state index in [2.05, 4.69) is 20.0 Å². The van der Waals surface area contributed by atoms with Crippen LogP contribution in [0.1, 0.15) is 5.69 Å². The number of aromatic hydroxyl groups is 1. The summed E-state index contributed by atoms with van der Waals surface area (Å²) in [6, 6.07) is 10.2. The minimum atomic E-state index is -3.72. The third-order valence-corrected chi connectivity index (χ3v) is 5.57. The van der Waals surface area contributed by atoms with Crippen LogP contribution in [-0.2, 0) is 10.0 Å². The van der Waals surface area contributed by atoms with E-state index >= 15 is 0 Å². The van der Waals surface area contributed by atoms with Crippen molar-refractivity contribution >= 4 is 33.0 Å². The van der Waals surface area contributed by atoms with Crippen molar-refractivity contribution in [2.75, 3.05) is 7.05 Å². The van der Waals surface area contributed by atoms with E-state index in [0.717, 1.165) is 6.07 Å². The second-order valence-corrected chi connectivity index (χ2v) is 8.08. The Kier molecular flexibility index (Phi) is 5.36. The number of nitrogens with zero attached hydrogens (tertiary/aromatic N) is 3. The predicted molar refractivity (Wildman–Crippen MR) is 105 cm³/mol. The van der Waals surface area contributed by atoms with E-state index in [0.29, 0.717) is 16.4 Å². The first-order valence-corrected chi connectivity index (χ1v) is 9.85. The highest BCUT2D eigenvalue weighted by molar-refractivity contribution is 7.89. The maximum atomic E-state index is 12.6. The van der Waals surface area contributed by atoms with Crippen LogP contribution < -0.4 is 10.3 Å². The molecule has 0 bridgehead atoms. The van der Waals surface area contributed by atoms with E-state index in [-0.39, 0.29) is 22.0 Å². The number of aromatic nitrogens is 2. The lowest BCUT2D eigenvalue weighted by molar-refractivity contribution is 0.476. The third-order valence-electron chi connectivity index (χ3n) is 3.91. The van der Waals surface area contributed by atoms with Gasteiger partial charge < -0.3 is 5.11 Å². The summed E-state index contributed by atoms with van der Waals surface area (Å²) in [5.74, 6) is -0.273. The Balaban J connectivity index is 2.01. The normalized spacial score (nSPS) is 12.0. The quantitative estimate of drug-likeness (QED) is 0.546. The zero-order valence-corrected chi connectivity index (χ0v) is 16.4. The highest BCUT2D eigenvalue weighted by atomic mass is 35.5. The summed E-state index contributed by atoms with van der Waals surface area (Å²) in [6.45, 7) is 1.64. The summed E-state index contributed by atoms with van der Waals surface area (Å²) >= 11 is 5.86. The Morgan fingerprint density at radius 3 is 2.46 bits per heavy atom. The van der Waals surface area contributed by atoms with Gasteiger partial charge in [0.2, 0.25) is 10.0 Å². The molecule has 0 radical (unpaired) electrons. The molecule has 1 heterocycles. The van der Waals surface area contributed by atoms with E-state index in [9.17, 15) is 18.3 Å². The molecule has 0 fully saturated rings. The molecule has 11 heteroatoms. The van der Waals surface area contributed by atoms with Crippen molar-refractivity contribution in [3.63, 3.8) is 0 Å². The Morgan fingerprint density at radius 1 is 1.14 bits per heavy atom. The first-order chi connectivity index (χ1) is 13.2. The molecule has 3 N–H and O–H groups in total. The third kappa shape index (κ3) is 3.84. The van der Waals surface area contributed by atoms with Gasteiger partial charge in [-0.15, -0.1) is 10.2 Å². The average molecular weight is 422 g/mol. The fraction of sp³-hybridized carbons (Fsp3) is 0.118. The topological polar surface area (TPSA) is 129 Å². The Hall–Kier alpha value is -2.95. The number of phenolic OH excluding ortho intramolecular Hbond substituents is 1. The molecule has 0 aliphatic carbocycles. The molecule has 9 nitrogen and oxygen atoms in total. The smallest absolute Gasteiger partial charge is 0.299 e. The summed E-state index contributed by atoms with van der Waals surface area (Å²) in [5.41, 5.74) is 0.485. The maximum Gasteiger partial charge on any atom is 0.299 e. The van der Waals surface area contributed by atoms with Crippen molar-refractivity contribution < 1.29 is 13.5 Å². The van der Waals surface area contributed by atoms with E-state index in [1.165, 1.54) is 23.9 Å². The van der Waals surface area contributed by atoms with Crippen molar-refractivity contribution in [2.24, 2.45) is 10.2 Å². The lowest BCUT2D eigenvalue weighted by Crippen LogP contribution is -2.18. The number of hydrogen-bond donors (Lipinski definition) is 3. The van der Waals surface area contributed by atoms with Crippen molar-refractivity contribution in [1.29, 1.82) is 0 Å². The average Bonchev–Trinajstić information content (AvgIpc) is 2.95. The molecule has 0 aliphatic heterocycles. The van der Waals surface area contributed by atoms with Crippen LogP contribution in [0, 0.1) is 6.92 Å². The lowest BCUT2D eigenvalue weighted by Gasteiger charge is -2.04. The van der Waals surface area contributed by atoms with Crippen LogP contribution in [0.2, 0.25) is 5.02 Å². The molecule has 2 aromatic carbocycles. The second-order valence-electron chi connectivity index (χ2n) is 5.76. The Bertz CT molecular complexity index is 1210. The molecule has 0 unspecified atom stereocenters. The van der Waals surface area contributed by atoms with Gasteiger partial charge in [-0.1, -0.05) is 11.6 Å². The van der Waals surface area contributed by atoms with Crippen LogP contribution in [0.15, 0.2) is 62.4 Å². The number of hydrogen-bond acceptors (Lipinski definition) is 6. The highest BCUT2D eigenvalue weighted by Crippen LogP contribution is 2.30. The van der Waals surface area contributed by atoms with E-state index in [1.807, 2.05) is 0 Å². The molecule has 28 heavy (non-hydrogen) atoms. The van der Waals surface area contributed by atoms with Gasteiger partial charge in [0.1, 0.15) is 11.4 Å². The van der Waals surface area contributed by atoms with Crippen LogP contribution in [0.5, 0.6) is 5.75 Å². The predicted octanol–water partition coefficient (Wildman–Crippen LogP) is 3.16. The van der Waals surface area contributed by atoms with Gasteiger partial charge in [0.05, 0.1) is 16.3 Å². The van der Waals surface area contributed by atoms with E-state index in [1.54, 1.807) is 31.2 Å². The number of aromatic amines is 1. The van der Waals surface area contributed by atoms with Crippen LogP contribution in [0.4, 0.5) is 11.4 Å². The number of benzene rings is 2. The second kappa shape index (κ2) is 7.58. The lowest BCUT2D eigenvalue weighted by atomic mass is 10.3. The number of nitrogens with one attached hydrogen (secondary N) is 2. The van der Waals surface area contributed by atoms with Crippen LogP contribution in [-0.4, -0.2) is 30.4 Å². The van der Waals surface area contributed by atoms with E-state index in [4.69, 9.17) is 11.6 Å². The van der Waals surface area contributed by atoms with Gasteiger partial charge in [-0.2, -0.15) is 0 Å². The minimum absolute atomic E-state index is 0.0243. The largest absolute Gasteiger partial charge is 0.506 e. The highest BCUT2D eigenvalue weighted by Gasteiger charge is 2.15. The number of halogens is 1. The van der Waals surface area contributed by atoms with Crippen molar-refractivity contribution in [3.8, 4) is 11.4 Å². The molecule has 0 amide bonds. The number of H-pyrrole nitrogens is 1. The Morgan fingerprint density at radius 2 is 1.82 bits per heavy atom. The zero-order valence-electron chi connectivity index (χ0n) is 14.8. The molecule has 1 aromatic heterocycles. The zero-order chi connectivity index (χ0) is 20.5. The number of azo groups is 1. The van der Waals surface area contributed by atoms with Crippen LogP contribution in [0.25, 0.3) is 5.69 Å². The van der Waals surface area contributed by atoms with Crippen molar-refractivity contribution in [2.45, 2.75) is 11.8 Å². The standard InChI is InChI=1S/C17H16ClN5O4S/c1-10-16(17(25)23(22-10)12-5-3-11(18)4-6-12)21-20-14-9-13(7-8-15(14)24)28(26,27)19-2/h3-9,19,22,24H,1-2H3. The SMILES string of the molecule is CNS(=O)(=O)c1ccc(O)c(N=Nc2c(C)[nH]n(-c3ccc(Cl)cc3)c2=O)c1. The molecule has 3 aromatic rings. The van der Waals surface area contributed by atoms with Crippen molar-refractivity contribution in [3.05, 3.63) is 63.5 Å². The van der Waals surface area contributed by atoms with Gasteiger partial charge in [0.25, 0.3) is 5.56 Å². The number of rotatable bonds is 5. The van der Waals surface area contributed by atoms with Gasteiger partial charge >= 0.3 is 0 Å². The molecule has 0 spiro atoms. The van der Waals surface area contributed by atoms with Crippen LogP contribution >= 0.6 is 11.6 Å². The van der Waals surface area contributed by atoms with Gasteiger partial charge in [-0.3, -0.25) is 9.89 Å². The molecule has 0 atom stereocenters. The summed E-state index contributed by atoms with van der Waals surface area (Å²) in [7, 11) is -2.45. The molecule has 0 saturated carbocycles. The minimum Gasteiger partial charge on any atom is -0.506 e. The monoisotopic (exact) mass is 421 g/mol. The first kappa shape index (κ1) is 19.8. The molecule has 146 valence electrons. The van der Waals surface area contributed by atoms with Gasteiger partial charge in [-0.05, 0) is 56.4 Å². The molecule has 0 aliphatic rings. The fourth-order valence-electron chi connectivity index (χ4n) is 2.40. The van der Waals surface area contributed by atoms with Crippen LogP contribution in [0.3, 0.4) is 0 Å². The summed E-state index contributed by atoms with van der Waals surface area (Å²) in [4.78, 5) is 12.5. The van der Waals surface area contributed by atoms with E-state index < -0.39 is 15.6 Å². The van der Waals surface area contributed by atoms with Crippen molar-refractivity contribution in [1.82, 2.24) is 14.5 Å². The number of sulfonamides is 1. The summed E-state index contributed by atoms with van der Waals surface area (Å²) in [6.07, 6.45) is 0. The molecule has 3 rings (SSSR count). The summed E-state index contributed by atoms with van der Waals surface area (Å²) in [5, 5.41) is 21.1. The number of aryl methyl sites for hydroxylation is 1. The summed E-state index contributed by atoms with van der Waals surface area (Å²) < 4.78 is 27.2. The molecular weight excluding hydrogens is 406 g/mol. The molecule has 0 saturated heterocycles.